The monoisotopic (exact) mass is 526 g/mol. The van der Waals surface area contributed by atoms with Crippen molar-refractivity contribution in [2.75, 3.05) is 24.4 Å². The Morgan fingerprint density at radius 3 is 2.59 bits per heavy atom. The number of hydrogen-bond acceptors (Lipinski definition) is 10. The van der Waals surface area contributed by atoms with Gasteiger partial charge in [0, 0.05) is 31.5 Å². The van der Waals surface area contributed by atoms with Crippen molar-refractivity contribution in [1.29, 1.82) is 0 Å². The molecular weight excluding hydrogens is 496 g/mol. The first-order valence-corrected chi connectivity index (χ1v) is 12.9. The number of aryl methyl sites for hydroxylation is 3. The van der Waals surface area contributed by atoms with Gasteiger partial charge in [-0.1, -0.05) is 6.07 Å². The maximum atomic E-state index is 6.07. The molecule has 0 radical (unpaired) electrons. The lowest BCUT2D eigenvalue weighted by Crippen LogP contribution is -2.17. The number of nitrogens with one attached hydrogen (secondary N) is 2. The van der Waals surface area contributed by atoms with Gasteiger partial charge in [0.1, 0.15) is 35.5 Å². The quantitative estimate of drug-likeness (QED) is 0.304. The van der Waals surface area contributed by atoms with E-state index in [1.54, 1.807) is 24.4 Å². The third-order valence-electron chi connectivity index (χ3n) is 6.55. The molecule has 2 N–H and O–H groups in total. The summed E-state index contributed by atoms with van der Waals surface area (Å²) in [6, 6.07) is 9.63. The topological polar surface area (TPSA) is 130 Å². The molecule has 0 spiro atoms. The zero-order valence-electron chi connectivity index (χ0n) is 22.3. The van der Waals surface area contributed by atoms with Gasteiger partial charge >= 0.3 is 0 Å². The van der Waals surface area contributed by atoms with E-state index in [4.69, 9.17) is 19.4 Å². The van der Waals surface area contributed by atoms with Crippen molar-refractivity contribution in [2.45, 2.75) is 39.3 Å². The summed E-state index contributed by atoms with van der Waals surface area (Å²) >= 11 is 0. The van der Waals surface area contributed by atoms with Gasteiger partial charge in [-0.3, -0.25) is 9.25 Å². The minimum Gasteiger partial charge on any atom is -0.494 e. The van der Waals surface area contributed by atoms with E-state index >= 15 is 0 Å². The Kier molecular flexibility index (Phi) is 6.53. The highest BCUT2D eigenvalue weighted by molar-refractivity contribution is 5.92. The van der Waals surface area contributed by atoms with Crippen molar-refractivity contribution < 1.29 is 9.47 Å². The summed E-state index contributed by atoms with van der Waals surface area (Å²) in [6.07, 6.45) is 6.41. The number of hydrogen-bond donors (Lipinski definition) is 2. The molecule has 1 unspecified atom stereocenters. The lowest BCUT2D eigenvalue weighted by atomic mass is 10.1. The highest BCUT2D eigenvalue weighted by atomic mass is 16.5. The van der Waals surface area contributed by atoms with Gasteiger partial charge in [0.05, 0.1) is 30.4 Å². The minimum atomic E-state index is -0.115. The highest BCUT2D eigenvalue weighted by Crippen LogP contribution is 2.39. The zero-order valence-corrected chi connectivity index (χ0v) is 22.3. The summed E-state index contributed by atoms with van der Waals surface area (Å²) in [5.74, 6) is 3.16. The molecular formula is C27H30N10O2. The van der Waals surface area contributed by atoms with Gasteiger partial charge in [-0.2, -0.15) is 5.10 Å². The van der Waals surface area contributed by atoms with E-state index in [1.165, 1.54) is 0 Å². The molecule has 1 saturated heterocycles. The molecule has 0 bridgehead atoms. The van der Waals surface area contributed by atoms with Crippen molar-refractivity contribution in [1.82, 2.24) is 39.3 Å². The molecule has 6 rings (SSSR count). The number of fused-ring (bicyclic) bond motifs is 1. The van der Waals surface area contributed by atoms with E-state index in [0.29, 0.717) is 40.2 Å². The Morgan fingerprint density at radius 1 is 0.974 bits per heavy atom. The predicted molar refractivity (Wildman–Crippen MR) is 147 cm³/mol. The Morgan fingerprint density at radius 2 is 1.85 bits per heavy atom. The molecule has 0 saturated carbocycles. The van der Waals surface area contributed by atoms with Crippen molar-refractivity contribution in [3.05, 3.63) is 54.5 Å². The number of benzene rings is 1. The lowest BCUT2D eigenvalue weighted by Gasteiger charge is -2.24. The zero-order chi connectivity index (χ0) is 26.9. The van der Waals surface area contributed by atoms with Crippen molar-refractivity contribution >= 4 is 34.2 Å². The van der Waals surface area contributed by atoms with Crippen molar-refractivity contribution in [2.24, 2.45) is 7.05 Å². The maximum Gasteiger partial charge on any atom is 0.184 e. The Balaban J connectivity index is 1.45. The average molecular weight is 527 g/mol. The van der Waals surface area contributed by atoms with Gasteiger partial charge in [-0.25, -0.2) is 24.9 Å². The number of rotatable bonds is 7. The van der Waals surface area contributed by atoms with Crippen LogP contribution in [-0.4, -0.2) is 53.0 Å². The molecule has 200 valence electrons. The molecule has 1 aliphatic heterocycles. The molecule has 4 aromatic heterocycles. The number of methoxy groups -OCH3 is 1. The standard InChI is InChI=1S/C27H30N10O2/c1-16-12-21(31-17(2)30-16)33-22-13-20(24-27(34-22)37(15-28-24)23-10-5-6-11-39-23)32-19-9-7-8-18(25(19)38-4)26-29-14-36(3)35-26/h7-9,12-15,23H,5-6,10-11H2,1-4H3,(H2,30,31,32,33,34). The number of pyridine rings is 1. The molecule has 39 heavy (non-hydrogen) atoms. The second-order valence-corrected chi connectivity index (χ2v) is 9.52. The van der Waals surface area contributed by atoms with E-state index in [-0.39, 0.29) is 6.23 Å². The summed E-state index contributed by atoms with van der Waals surface area (Å²) in [5, 5.41) is 11.3. The van der Waals surface area contributed by atoms with Gasteiger partial charge in [0.2, 0.25) is 0 Å². The van der Waals surface area contributed by atoms with Crippen LogP contribution < -0.4 is 15.4 Å². The Bertz CT molecular complexity index is 1620. The maximum absolute atomic E-state index is 6.07. The first kappa shape index (κ1) is 24.7. The minimum absolute atomic E-state index is 0.115. The normalized spacial score (nSPS) is 15.4. The second-order valence-electron chi connectivity index (χ2n) is 9.52. The highest BCUT2D eigenvalue weighted by Gasteiger charge is 2.22. The SMILES string of the molecule is COc1c(Nc2cc(Nc3cc(C)nc(C)n3)nc3c2ncn3C2CCCCO2)cccc1-c1ncn(C)n1. The molecule has 12 nitrogen and oxygen atoms in total. The van der Waals surface area contributed by atoms with E-state index in [2.05, 4.69) is 30.7 Å². The first-order valence-electron chi connectivity index (χ1n) is 12.9. The largest absolute Gasteiger partial charge is 0.494 e. The fourth-order valence-corrected chi connectivity index (χ4v) is 4.87. The van der Waals surface area contributed by atoms with Crippen LogP contribution in [0, 0.1) is 13.8 Å². The number of aromatic nitrogens is 8. The molecule has 5 heterocycles. The molecule has 5 aromatic rings. The van der Waals surface area contributed by atoms with Crippen LogP contribution in [0.5, 0.6) is 5.75 Å². The molecule has 1 fully saturated rings. The number of nitrogens with zero attached hydrogens (tertiary/aromatic N) is 8. The average Bonchev–Trinajstić information content (AvgIpc) is 3.55. The number of anilines is 4. The molecule has 1 aromatic carbocycles. The fourth-order valence-electron chi connectivity index (χ4n) is 4.87. The summed E-state index contributed by atoms with van der Waals surface area (Å²) in [7, 11) is 3.47. The van der Waals surface area contributed by atoms with Gasteiger partial charge in [0.15, 0.2) is 17.2 Å². The summed E-state index contributed by atoms with van der Waals surface area (Å²) in [6.45, 7) is 4.53. The summed E-state index contributed by atoms with van der Waals surface area (Å²) in [5.41, 5.74) is 4.57. The third kappa shape index (κ3) is 4.98. The van der Waals surface area contributed by atoms with Crippen LogP contribution in [0.4, 0.5) is 23.0 Å². The molecule has 0 amide bonds. The second kappa shape index (κ2) is 10.3. The van der Waals surface area contributed by atoms with Gasteiger partial charge in [0.25, 0.3) is 0 Å². The fraction of sp³-hybridized carbons (Fsp3) is 0.333. The van der Waals surface area contributed by atoms with Crippen molar-refractivity contribution in [3.8, 4) is 17.1 Å². The van der Waals surface area contributed by atoms with Crippen LogP contribution in [0.25, 0.3) is 22.6 Å². The molecule has 1 atom stereocenters. The van der Waals surface area contributed by atoms with E-state index in [9.17, 15) is 0 Å². The lowest BCUT2D eigenvalue weighted by molar-refractivity contribution is -0.0298. The van der Waals surface area contributed by atoms with Crippen LogP contribution in [0.1, 0.15) is 37.0 Å². The van der Waals surface area contributed by atoms with Crippen LogP contribution in [0.3, 0.4) is 0 Å². The number of imidazole rings is 1. The van der Waals surface area contributed by atoms with Crippen LogP contribution in [-0.2, 0) is 11.8 Å². The number of para-hydroxylation sites is 1. The van der Waals surface area contributed by atoms with Crippen LogP contribution in [0.15, 0.2) is 43.0 Å². The summed E-state index contributed by atoms with van der Waals surface area (Å²) in [4.78, 5) is 23.0. The molecule has 12 heteroatoms. The first-order chi connectivity index (χ1) is 19.0. The van der Waals surface area contributed by atoms with Crippen molar-refractivity contribution in [3.63, 3.8) is 0 Å². The van der Waals surface area contributed by atoms with Gasteiger partial charge < -0.3 is 20.1 Å². The molecule has 0 aliphatic carbocycles. The van der Waals surface area contributed by atoms with Crippen LogP contribution >= 0.6 is 0 Å². The summed E-state index contributed by atoms with van der Waals surface area (Å²) < 4.78 is 15.6. The smallest absolute Gasteiger partial charge is 0.184 e. The number of ether oxygens (including phenoxy) is 2. The third-order valence-corrected chi connectivity index (χ3v) is 6.55. The van der Waals surface area contributed by atoms with Gasteiger partial charge in [-0.15, -0.1) is 0 Å². The Hall–Kier alpha value is -4.58. The Labute approximate surface area is 225 Å². The predicted octanol–water partition coefficient (Wildman–Crippen LogP) is 4.83. The van der Waals surface area contributed by atoms with E-state index in [1.807, 2.05) is 55.8 Å². The molecule has 1 aliphatic rings. The van der Waals surface area contributed by atoms with Crippen LogP contribution in [0.2, 0.25) is 0 Å². The van der Waals surface area contributed by atoms with Gasteiger partial charge in [-0.05, 0) is 45.2 Å². The van der Waals surface area contributed by atoms with E-state index in [0.717, 1.165) is 48.5 Å². The van der Waals surface area contributed by atoms with E-state index < -0.39 is 0 Å².